The van der Waals surface area contributed by atoms with Gasteiger partial charge in [0, 0.05) is 70.4 Å². The SMILES string of the molecule is COc1nc(OC)c(CN2CC3CN(C(=O)N4CCOCC4)CCN3C(C(c3ccccc3)c3ccccc3)C2)c(OC)n1.Cl.Cl. The van der Waals surface area contributed by atoms with Gasteiger partial charge in [-0.05, 0) is 11.1 Å². The molecule has 0 bridgehead atoms. The van der Waals surface area contributed by atoms with Crippen molar-refractivity contribution in [1.82, 2.24) is 29.6 Å². The van der Waals surface area contributed by atoms with E-state index in [9.17, 15) is 4.79 Å². The van der Waals surface area contributed by atoms with Crippen LogP contribution in [0.1, 0.15) is 22.6 Å². The Morgan fingerprint density at radius 2 is 1.37 bits per heavy atom. The zero-order valence-corrected chi connectivity index (χ0v) is 28.3. The summed E-state index contributed by atoms with van der Waals surface area (Å²) in [6, 6.07) is 22.1. The lowest BCUT2D eigenvalue weighted by Gasteiger charge is -2.54. The van der Waals surface area contributed by atoms with Gasteiger partial charge in [0.15, 0.2) is 0 Å². The Balaban J connectivity index is 0.00000240. The summed E-state index contributed by atoms with van der Waals surface area (Å²) < 4.78 is 22.2. The number of hydrogen-bond donors (Lipinski definition) is 0. The minimum atomic E-state index is 0. The van der Waals surface area contributed by atoms with Crippen LogP contribution >= 0.6 is 24.8 Å². The molecular formula is C33H44Cl2N6O5. The van der Waals surface area contributed by atoms with E-state index >= 15 is 0 Å². The molecule has 2 aromatic carbocycles. The van der Waals surface area contributed by atoms with Crippen LogP contribution in [-0.2, 0) is 11.3 Å². The number of halogens is 2. The molecule has 2 atom stereocenters. The average Bonchev–Trinajstić information content (AvgIpc) is 3.09. The molecule has 11 nitrogen and oxygen atoms in total. The fraction of sp³-hybridized carbons (Fsp3) is 0.485. The molecule has 0 spiro atoms. The number of amides is 2. The Hall–Kier alpha value is -3.35. The number of fused-ring (bicyclic) bond motifs is 1. The second-order valence-corrected chi connectivity index (χ2v) is 11.5. The number of methoxy groups -OCH3 is 3. The molecule has 0 radical (unpaired) electrons. The minimum Gasteiger partial charge on any atom is -0.481 e. The number of ether oxygens (including phenoxy) is 4. The molecule has 0 aliphatic carbocycles. The van der Waals surface area contributed by atoms with Crippen LogP contribution in [0, 0.1) is 0 Å². The molecule has 3 aromatic rings. The summed E-state index contributed by atoms with van der Waals surface area (Å²) in [6.07, 6.45) is 0. The number of carbonyl (C=O) groups excluding carboxylic acids is 1. The summed E-state index contributed by atoms with van der Waals surface area (Å²) in [5.41, 5.74) is 3.33. The number of nitrogens with zero attached hydrogens (tertiary/aromatic N) is 6. The first kappa shape index (κ1) is 35.5. The predicted molar refractivity (Wildman–Crippen MR) is 180 cm³/mol. The maximum atomic E-state index is 13.6. The van der Waals surface area contributed by atoms with Gasteiger partial charge in [-0.2, -0.15) is 9.97 Å². The van der Waals surface area contributed by atoms with E-state index in [1.807, 2.05) is 9.80 Å². The molecule has 46 heavy (non-hydrogen) atoms. The lowest BCUT2D eigenvalue weighted by Crippen LogP contribution is -2.68. The molecule has 3 aliphatic rings. The van der Waals surface area contributed by atoms with Crippen LogP contribution in [0.5, 0.6) is 17.8 Å². The van der Waals surface area contributed by atoms with Crippen LogP contribution in [-0.4, -0.2) is 128 Å². The standard InChI is InChI=1S/C33H42N6O5.2ClH/c1-41-30-27(31(42-2)35-32(34-30)43-3)22-36-20-26-21-38(33(40)37-16-18-44-19-17-37)14-15-39(26)28(23-36)29(24-10-6-4-7-11-24)25-12-8-5-9-13-25;;/h4-13,26,28-29H,14-23H2,1-3H3;2*1H. The molecule has 3 saturated heterocycles. The highest BCUT2D eigenvalue weighted by Crippen LogP contribution is 2.37. The van der Waals surface area contributed by atoms with Crippen LogP contribution in [0.4, 0.5) is 4.79 Å². The molecule has 0 saturated carbocycles. The fourth-order valence-corrected chi connectivity index (χ4v) is 6.94. The molecule has 0 N–H and O–H groups in total. The topological polar surface area (TPSA) is 92.7 Å². The number of carbonyl (C=O) groups is 1. The lowest BCUT2D eigenvalue weighted by atomic mass is 9.81. The number of aromatic nitrogens is 2. The third-order valence-electron chi connectivity index (χ3n) is 8.98. The number of benzene rings is 2. The highest BCUT2D eigenvalue weighted by Gasteiger charge is 2.44. The smallest absolute Gasteiger partial charge is 0.322 e. The van der Waals surface area contributed by atoms with Crippen molar-refractivity contribution < 1.29 is 23.7 Å². The molecule has 1 aromatic heterocycles. The first-order valence-electron chi connectivity index (χ1n) is 15.3. The summed E-state index contributed by atoms with van der Waals surface area (Å²) in [4.78, 5) is 31.5. The van der Waals surface area contributed by atoms with Gasteiger partial charge in [0.1, 0.15) is 0 Å². The van der Waals surface area contributed by atoms with Crippen molar-refractivity contribution in [1.29, 1.82) is 0 Å². The van der Waals surface area contributed by atoms with Gasteiger partial charge >= 0.3 is 12.0 Å². The van der Waals surface area contributed by atoms with Crippen molar-refractivity contribution in [2.24, 2.45) is 0 Å². The van der Waals surface area contributed by atoms with Crippen molar-refractivity contribution in [2.75, 3.05) is 80.4 Å². The number of urea groups is 1. The van der Waals surface area contributed by atoms with Crippen LogP contribution in [0.25, 0.3) is 0 Å². The normalized spacial score (nSPS) is 20.3. The highest BCUT2D eigenvalue weighted by atomic mass is 35.5. The Morgan fingerprint density at radius 3 is 1.91 bits per heavy atom. The van der Waals surface area contributed by atoms with E-state index in [-0.39, 0.29) is 54.9 Å². The third kappa shape index (κ3) is 7.61. The number of rotatable bonds is 8. The number of morpholine rings is 1. The molecule has 6 rings (SSSR count). The quantitative estimate of drug-likeness (QED) is 0.354. The van der Waals surface area contributed by atoms with Gasteiger partial charge in [-0.15, -0.1) is 24.8 Å². The van der Waals surface area contributed by atoms with Crippen molar-refractivity contribution in [3.05, 3.63) is 77.4 Å². The zero-order chi connectivity index (χ0) is 30.5. The summed E-state index contributed by atoms with van der Waals surface area (Å²) in [5, 5.41) is 0. The van der Waals surface area contributed by atoms with E-state index in [0.29, 0.717) is 57.7 Å². The van der Waals surface area contributed by atoms with Crippen molar-refractivity contribution in [3.63, 3.8) is 0 Å². The number of hydrogen-bond acceptors (Lipinski definition) is 9. The lowest BCUT2D eigenvalue weighted by molar-refractivity contribution is -0.0315. The van der Waals surface area contributed by atoms with Crippen LogP contribution < -0.4 is 14.2 Å². The van der Waals surface area contributed by atoms with Gasteiger partial charge in [-0.1, -0.05) is 60.7 Å². The van der Waals surface area contributed by atoms with Gasteiger partial charge in [0.2, 0.25) is 11.8 Å². The molecular weight excluding hydrogens is 631 g/mol. The first-order chi connectivity index (χ1) is 21.6. The zero-order valence-electron chi connectivity index (χ0n) is 26.6. The largest absolute Gasteiger partial charge is 0.481 e. The summed E-state index contributed by atoms with van der Waals surface area (Å²) in [7, 11) is 4.73. The van der Waals surface area contributed by atoms with Crippen molar-refractivity contribution in [2.45, 2.75) is 24.5 Å². The van der Waals surface area contributed by atoms with E-state index in [1.165, 1.54) is 18.2 Å². The second-order valence-electron chi connectivity index (χ2n) is 11.5. The molecule has 13 heteroatoms. The summed E-state index contributed by atoms with van der Waals surface area (Å²) in [6.45, 7) is 6.75. The Kier molecular flexibility index (Phi) is 12.7. The van der Waals surface area contributed by atoms with E-state index in [4.69, 9.17) is 18.9 Å². The van der Waals surface area contributed by atoms with Gasteiger partial charge in [-0.3, -0.25) is 9.80 Å². The maximum Gasteiger partial charge on any atom is 0.322 e. The van der Waals surface area contributed by atoms with Gasteiger partial charge in [0.25, 0.3) is 0 Å². The first-order valence-corrected chi connectivity index (χ1v) is 15.3. The Morgan fingerprint density at radius 1 is 0.783 bits per heavy atom. The van der Waals surface area contributed by atoms with Crippen molar-refractivity contribution >= 4 is 30.8 Å². The van der Waals surface area contributed by atoms with Crippen LogP contribution in [0.15, 0.2) is 60.7 Å². The van der Waals surface area contributed by atoms with Gasteiger partial charge in [0.05, 0.1) is 40.1 Å². The predicted octanol–water partition coefficient (Wildman–Crippen LogP) is 3.80. The minimum absolute atomic E-state index is 0. The van der Waals surface area contributed by atoms with E-state index < -0.39 is 0 Å². The van der Waals surface area contributed by atoms with Gasteiger partial charge < -0.3 is 28.7 Å². The average molecular weight is 676 g/mol. The molecule has 4 heterocycles. The fourth-order valence-electron chi connectivity index (χ4n) is 6.94. The molecule has 3 fully saturated rings. The van der Waals surface area contributed by atoms with E-state index in [2.05, 4.69) is 80.4 Å². The van der Waals surface area contributed by atoms with Crippen LogP contribution in [0.3, 0.4) is 0 Å². The van der Waals surface area contributed by atoms with E-state index in [1.54, 1.807) is 14.2 Å². The van der Waals surface area contributed by atoms with Crippen molar-refractivity contribution in [3.8, 4) is 17.8 Å². The molecule has 250 valence electrons. The molecule has 2 amide bonds. The second kappa shape index (κ2) is 16.5. The van der Waals surface area contributed by atoms with Gasteiger partial charge in [-0.25, -0.2) is 4.79 Å². The van der Waals surface area contributed by atoms with E-state index in [0.717, 1.165) is 25.2 Å². The highest BCUT2D eigenvalue weighted by molar-refractivity contribution is 5.85. The summed E-state index contributed by atoms with van der Waals surface area (Å²) >= 11 is 0. The summed E-state index contributed by atoms with van der Waals surface area (Å²) in [5.74, 6) is 1.01. The third-order valence-corrected chi connectivity index (χ3v) is 8.98. The molecule has 2 unspecified atom stereocenters. The Labute approximate surface area is 283 Å². The maximum absolute atomic E-state index is 13.6. The van der Waals surface area contributed by atoms with Crippen LogP contribution in [0.2, 0.25) is 0 Å². The monoisotopic (exact) mass is 674 g/mol. The number of piperazine rings is 2. The Bertz CT molecular complexity index is 1340. The molecule has 3 aliphatic heterocycles.